The number of nitrogens with one attached hydrogen (secondary N) is 2. The van der Waals surface area contributed by atoms with Gasteiger partial charge in [-0.25, -0.2) is 13.1 Å². The van der Waals surface area contributed by atoms with Gasteiger partial charge in [-0.1, -0.05) is 15.9 Å². The molecule has 9 heteroatoms. The summed E-state index contributed by atoms with van der Waals surface area (Å²) >= 11 is 3.19. The molecule has 1 heterocycles. The number of halogens is 1. The predicted molar refractivity (Wildman–Crippen MR) is 86.3 cm³/mol. The van der Waals surface area contributed by atoms with E-state index in [4.69, 9.17) is 0 Å². The Morgan fingerprint density at radius 2 is 2.14 bits per heavy atom. The Bertz CT molecular complexity index is 693. The molecule has 1 aliphatic heterocycles. The average molecular weight is 392 g/mol. The number of nitrogens with zero attached hydrogens (tertiary/aromatic N) is 1. The number of rotatable bonds is 4. The van der Waals surface area contributed by atoms with E-state index in [0.29, 0.717) is 22.9 Å². The van der Waals surface area contributed by atoms with Crippen molar-refractivity contribution in [3.63, 3.8) is 0 Å². The molecule has 1 aliphatic rings. The van der Waals surface area contributed by atoms with Gasteiger partial charge in [0.25, 0.3) is 5.69 Å². The summed E-state index contributed by atoms with van der Waals surface area (Å²) in [6, 6.07) is 2.57. The van der Waals surface area contributed by atoms with Crippen LogP contribution in [0.25, 0.3) is 0 Å². The smallest absolute Gasteiger partial charge is 0.274 e. The van der Waals surface area contributed by atoms with Crippen LogP contribution in [0.4, 0.5) is 5.69 Å². The molecule has 0 spiro atoms. The molecule has 22 heavy (non-hydrogen) atoms. The highest BCUT2D eigenvalue weighted by molar-refractivity contribution is 9.10. The first-order valence-corrected chi connectivity index (χ1v) is 9.18. The number of benzene rings is 1. The van der Waals surface area contributed by atoms with Gasteiger partial charge in [-0.2, -0.15) is 0 Å². The number of hydrogen-bond acceptors (Lipinski definition) is 5. The lowest BCUT2D eigenvalue weighted by molar-refractivity contribution is -0.385. The van der Waals surface area contributed by atoms with Crippen LogP contribution in [0.5, 0.6) is 0 Å². The van der Waals surface area contributed by atoms with E-state index in [2.05, 4.69) is 26.0 Å². The van der Waals surface area contributed by atoms with Crippen molar-refractivity contribution in [3.05, 3.63) is 32.3 Å². The quantitative estimate of drug-likeness (QED) is 0.604. The van der Waals surface area contributed by atoms with Crippen molar-refractivity contribution in [1.29, 1.82) is 0 Å². The molecule has 1 aromatic rings. The van der Waals surface area contributed by atoms with E-state index in [1.165, 1.54) is 6.07 Å². The van der Waals surface area contributed by atoms with Gasteiger partial charge in [0.05, 0.1) is 9.82 Å². The highest BCUT2D eigenvalue weighted by atomic mass is 79.9. The van der Waals surface area contributed by atoms with Gasteiger partial charge in [-0.05, 0) is 39.3 Å². The summed E-state index contributed by atoms with van der Waals surface area (Å²) in [5, 5.41) is 14.3. The van der Waals surface area contributed by atoms with Crippen LogP contribution in [0.3, 0.4) is 0 Å². The lowest BCUT2D eigenvalue weighted by atomic mass is 10.0. The molecule has 7 nitrogen and oxygen atoms in total. The zero-order valence-electron chi connectivity index (χ0n) is 12.3. The first kappa shape index (κ1) is 17.3. The van der Waals surface area contributed by atoms with Crippen LogP contribution in [0.2, 0.25) is 0 Å². The molecule has 1 saturated heterocycles. The van der Waals surface area contributed by atoms with Crippen LogP contribution >= 0.6 is 15.9 Å². The molecule has 2 atom stereocenters. The summed E-state index contributed by atoms with van der Waals surface area (Å²) in [7, 11) is -3.79. The number of nitro groups is 1. The first-order chi connectivity index (χ1) is 10.2. The lowest BCUT2D eigenvalue weighted by Gasteiger charge is -2.28. The van der Waals surface area contributed by atoms with Crippen LogP contribution in [0, 0.1) is 17.0 Å². The van der Waals surface area contributed by atoms with Crippen LogP contribution in [-0.2, 0) is 10.0 Å². The molecule has 0 bridgehead atoms. The number of piperidine rings is 1. The number of sulfonamides is 1. The fourth-order valence-electron chi connectivity index (χ4n) is 2.51. The van der Waals surface area contributed by atoms with Crippen molar-refractivity contribution in [1.82, 2.24) is 10.0 Å². The van der Waals surface area contributed by atoms with Gasteiger partial charge in [0.1, 0.15) is 0 Å². The molecule has 2 N–H and O–H groups in total. The largest absolute Gasteiger partial charge is 0.314 e. The van der Waals surface area contributed by atoms with Crippen molar-refractivity contribution < 1.29 is 13.3 Å². The Kier molecular flexibility index (Phi) is 5.21. The maximum Gasteiger partial charge on any atom is 0.274 e. The van der Waals surface area contributed by atoms with Gasteiger partial charge in [-0.15, -0.1) is 0 Å². The van der Waals surface area contributed by atoms with E-state index < -0.39 is 14.9 Å². The van der Waals surface area contributed by atoms with E-state index >= 15 is 0 Å². The summed E-state index contributed by atoms with van der Waals surface area (Å²) in [4.78, 5) is 10.4. The second-order valence-corrected chi connectivity index (χ2v) is 8.07. The van der Waals surface area contributed by atoms with Gasteiger partial charge >= 0.3 is 0 Å². The van der Waals surface area contributed by atoms with E-state index in [-0.39, 0.29) is 22.7 Å². The molecule has 1 fully saturated rings. The first-order valence-electron chi connectivity index (χ1n) is 6.91. The molecule has 0 saturated carbocycles. The van der Waals surface area contributed by atoms with Crippen molar-refractivity contribution >= 4 is 31.6 Å². The SMILES string of the molecule is Cc1c(Br)cc(S(=O)(=O)NC2CCNC(C)C2)cc1[N+](=O)[O-]. The molecule has 0 amide bonds. The average Bonchev–Trinajstić information content (AvgIpc) is 2.40. The van der Waals surface area contributed by atoms with Crippen LogP contribution in [0.1, 0.15) is 25.3 Å². The third-order valence-corrected chi connectivity index (χ3v) is 6.07. The maximum absolute atomic E-state index is 12.5. The Labute approximate surface area is 137 Å². The third-order valence-electron chi connectivity index (χ3n) is 3.74. The Morgan fingerprint density at radius 3 is 2.73 bits per heavy atom. The van der Waals surface area contributed by atoms with E-state index in [1.807, 2.05) is 6.92 Å². The minimum atomic E-state index is -3.79. The zero-order valence-corrected chi connectivity index (χ0v) is 14.7. The second-order valence-electron chi connectivity index (χ2n) is 5.50. The third kappa shape index (κ3) is 3.83. The van der Waals surface area contributed by atoms with Gasteiger partial charge < -0.3 is 5.32 Å². The van der Waals surface area contributed by atoms with Gasteiger partial charge in [-0.3, -0.25) is 10.1 Å². The molecule has 0 radical (unpaired) electrons. The highest BCUT2D eigenvalue weighted by Crippen LogP contribution is 2.30. The summed E-state index contributed by atoms with van der Waals surface area (Å²) in [6.45, 7) is 4.31. The fourth-order valence-corrected chi connectivity index (χ4v) is 4.44. The fraction of sp³-hybridized carbons (Fsp3) is 0.538. The van der Waals surface area contributed by atoms with Crippen LogP contribution in [-0.4, -0.2) is 32.0 Å². The lowest BCUT2D eigenvalue weighted by Crippen LogP contribution is -2.46. The molecular weight excluding hydrogens is 374 g/mol. The maximum atomic E-state index is 12.5. The summed E-state index contributed by atoms with van der Waals surface area (Å²) in [6.07, 6.45) is 1.38. The standard InChI is InChI=1S/C13H18BrN3O4S/c1-8-5-10(3-4-15-8)16-22(20,21)11-6-12(14)9(2)13(7-11)17(18)19/h6-8,10,15-16H,3-5H2,1-2H3. The Morgan fingerprint density at radius 1 is 1.45 bits per heavy atom. The van der Waals surface area contributed by atoms with Crippen molar-refractivity contribution in [3.8, 4) is 0 Å². The highest BCUT2D eigenvalue weighted by Gasteiger charge is 2.27. The number of hydrogen-bond donors (Lipinski definition) is 2. The van der Waals surface area contributed by atoms with Crippen LogP contribution in [0.15, 0.2) is 21.5 Å². The van der Waals surface area contributed by atoms with Gasteiger partial charge in [0, 0.05) is 28.2 Å². The normalized spacial score (nSPS) is 22.5. The molecule has 122 valence electrons. The summed E-state index contributed by atoms with van der Waals surface area (Å²) in [5.41, 5.74) is 0.188. The Balaban J connectivity index is 2.31. The summed E-state index contributed by atoms with van der Waals surface area (Å²) in [5.74, 6) is 0. The molecule has 2 unspecified atom stereocenters. The van der Waals surface area contributed by atoms with E-state index in [9.17, 15) is 18.5 Å². The zero-order chi connectivity index (χ0) is 16.5. The van der Waals surface area contributed by atoms with E-state index in [1.54, 1.807) is 6.92 Å². The minimum absolute atomic E-state index is 0.0946. The Hall–Kier alpha value is -1.03. The monoisotopic (exact) mass is 391 g/mol. The van der Waals surface area contributed by atoms with Crippen LogP contribution < -0.4 is 10.0 Å². The topological polar surface area (TPSA) is 101 Å². The van der Waals surface area contributed by atoms with Crippen molar-refractivity contribution in [2.45, 2.75) is 43.7 Å². The molecule has 0 aliphatic carbocycles. The van der Waals surface area contributed by atoms with E-state index in [0.717, 1.165) is 12.6 Å². The minimum Gasteiger partial charge on any atom is -0.314 e. The summed E-state index contributed by atoms with van der Waals surface area (Å²) < 4.78 is 28.0. The molecule has 0 aromatic heterocycles. The molecule has 2 rings (SSSR count). The van der Waals surface area contributed by atoms with Crippen molar-refractivity contribution in [2.24, 2.45) is 0 Å². The van der Waals surface area contributed by atoms with Crippen molar-refractivity contribution in [2.75, 3.05) is 6.54 Å². The van der Waals surface area contributed by atoms with Gasteiger partial charge in [0.2, 0.25) is 10.0 Å². The van der Waals surface area contributed by atoms with Gasteiger partial charge in [0.15, 0.2) is 0 Å². The second kappa shape index (κ2) is 6.61. The number of nitro benzene ring substituents is 1. The predicted octanol–water partition coefficient (Wildman–Crippen LogP) is 2.08. The molecular formula is C13H18BrN3O4S. The molecule has 1 aromatic carbocycles.